The molecule has 0 bridgehead atoms. The summed E-state index contributed by atoms with van der Waals surface area (Å²) in [5.41, 5.74) is 1.36. The van der Waals surface area contributed by atoms with Crippen molar-refractivity contribution in [2.75, 3.05) is 6.54 Å². The van der Waals surface area contributed by atoms with E-state index in [0.717, 1.165) is 23.2 Å². The molecular weight excluding hydrogens is 378 g/mol. The third-order valence-electron chi connectivity index (χ3n) is 5.41. The highest BCUT2D eigenvalue weighted by Crippen LogP contribution is 2.28. The van der Waals surface area contributed by atoms with E-state index in [9.17, 15) is 9.59 Å². The first-order valence-electron chi connectivity index (χ1n) is 10.3. The number of nitrogens with zero attached hydrogens (tertiary/aromatic N) is 3. The minimum Gasteiger partial charge on any atom is -0.459 e. The largest absolute Gasteiger partial charge is 0.459 e. The second-order valence-electron chi connectivity index (χ2n) is 7.46. The number of para-hydroxylation sites is 2. The molecule has 6 nitrogen and oxygen atoms in total. The summed E-state index contributed by atoms with van der Waals surface area (Å²) in [6, 6.07) is 16.9. The van der Waals surface area contributed by atoms with Crippen molar-refractivity contribution < 1.29 is 9.21 Å². The molecule has 2 aromatic carbocycles. The molecule has 0 radical (unpaired) electrons. The number of hydrogen-bond acceptors (Lipinski definition) is 4. The first-order valence-corrected chi connectivity index (χ1v) is 10.3. The molecule has 154 valence electrons. The Morgan fingerprint density at radius 2 is 1.93 bits per heavy atom. The van der Waals surface area contributed by atoms with E-state index in [1.807, 2.05) is 67.3 Å². The van der Waals surface area contributed by atoms with E-state index in [2.05, 4.69) is 4.98 Å². The number of carbonyl (C=O) groups excluding carboxylic acids is 1. The van der Waals surface area contributed by atoms with Gasteiger partial charge in [0.15, 0.2) is 0 Å². The van der Waals surface area contributed by atoms with Crippen LogP contribution >= 0.6 is 0 Å². The zero-order valence-electron chi connectivity index (χ0n) is 17.2. The molecule has 0 saturated heterocycles. The molecule has 2 heterocycles. The van der Waals surface area contributed by atoms with Crippen LogP contribution in [0.4, 0.5) is 0 Å². The zero-order chi connectivity index (χ0) is 21.1. The SMILES string of the molecule is CCCN(C(=O)CCn1cnc2ccccc2c1=O)C(C)c1cc2ccccc2o1. The number of fused-ring (bicyclic) bond motifs is 2. The summed E-state index contributed by atoms with van der Waals surface area (Å²) < 4.78 is 7.49. The summed E-state index contributed by atoms with van der Waals surface area (Å²) in [7, 11) is 0. The van der Waals surface area contributed by atoms with Gasteiger partial charge < -0.3 is 9.32 Å². The molecule has 1 unspecified atom stereocenters. The van der Waals surface area contributed by atoms with E-state index in [-0.39, 0.29) is 23.9 Å². The molecular formula is C24H25N3O3. The van der Waals surface area contributed by atoms with Crippen molar-refractivity contribution >= 4 is 27.8 Å². The molecule has 0 aliphatic rings. The summed E-state index contributed by atoms with van der Waals surface area (Å²) in [6.07, 6.45) is 2.59. The van der Waals surface area contributed by atoms with Crippen LogP contribution in [0.25, 0.3) is 21.9 Å². The lowest BCUT2D eigenvalue weighted by atomic mass is 10.1. The smallest absolute Gasteiger partial charge is 0.261 e. The van der Waals surface area contributed by atoms with Gasteiger partial charge in [-0.2, -0.15) is 0 Å². The van der Waals surface area contributed by atoms with E-state index < -0.39 is 0 Å². The van der Waals surface area contributed by atoms with Gasteiger partial charge in [0.25, 0.3) is 5.56 Å². The summed E-state index contributed by atoms with van der Waals surface area (Å²) in [6.45, 7) is 4.95. The number of furan rings is 1. The molecule has 1 atom stereocenters. The van der Waals surface area contributed by atoms with Crippen LogP contribution in [0.1, 0.15) is 38.5 Å². The molecule has 4 aromatic rings. The van der Waals surface area contributed by atoms with Gasteiger partial charge in [-0.3, -0.25) is 14.2 Å². The van der Waals surface area contributed by atoms with E-state index in [0.29, 0.717) is 24.0 Å². The van der Waals surface area contributed by atoms with Gasteiger partial charge in [-0.25, -0.2) is 4.98 Å². The van der Waals surface area contributed by atoms with Crippen LogP contribution in [-0.4, -0.2) is 26.9 Å². The van der Waals surface area contributed by atoms with Crippen LogP contribution in [0.3, 0.4) is 0 Å². The molecule has 6 heteroatoms. The molecule has 0 N–H and O–H groups in total. The summed E-state index contributed by atoms with van der Waals surface area (Å²) in [4.78, 5) is 31.9. The summed E-state index contributed by atoms with van der Waals surface area (Å²) >= 11 is 0. The van der Waals surface area contributed by atoms with Crippen molar-refractivity contribution in [1.29, 1.82) is 0 Å². The Balaban J connectivity index is 1.52. The Hall–Kier alpha value is -3.41. The molecule has 30 heavy (non-hydrogen) atoms. The average molecular weight is 403 g/mol. The van der Waals surface area contributed by atoms with Crippen LogP contribution in [0, 0.1) is 0 Å². The minimum atomic E-state index is -0.184. The Morgan fingerprint density at radius 3 is 2.73 bits per heavy atom. The maximum atomic E-state index is 13.1. The lowest BCUT2D eigenvalue weighted by Crippen LogP contribution is -2.35. The standard InChI is InChI=1S/C24H25N3O3/c1-3-13-27(17(2)22-15-18-8-4-7-11-21(18)30-22)23(28)12-14-26-16-25-20-10-6-5-9-19(20)24(26)29/h4-11,15-17H,3,12-14H2,1-2H3. The van der Waals surface area contributed by atoms with Crippen molar-refractivity contribution in [2.24, 2.45) is 0 Å². The van der Waals surface area contributed by atoms with Gasteiger partial charge >= 0.3 is 0 Å². The van der Waals surface area contributed by atoms with Crippen molar-refractivity contribution in [1.82, 2.24) is 14.5 Å². The number of aromatic nitrogens is 2. The Bertz CT molecular complexity index is 1210. The van der Waals surface area contributed by atoms with Gasteiger partial charge in [0.05, 0.1) is 23.3 Å². The second kappa shape index (κ2) is 8.53. The van der Waals surface area contributed by atoms with Gasteiger partial charge in [0.2, 0.25) is 5.91 Å². The number of rotatable bonds is 7. The first-order chi connectivity index (χ1) is 14.6. The van der Waals surface area contributed by atoms with Gasteiger partial charge in [-0.15, -0.1) is 0 Å². The maximum absolute atomic E-state index is 13.1. The lowest BCUT2D eigenvalue weighted by molar-refractivity contribution is -0.134. The Morgan fingerprint density at radius 1 is 1.17 bits per heavy atom. The third-order valence-corrected chi connectivity index (χ3v) is 5.41. The normalized spacial score (nSPS) is 12.3. The monoisotopic (exact) mass is 403 g/mol. The van der Waals surface area contributed by atoms with Crippen LogP contribution in [0.5, 0.6) is 0 Å². The van der Waals surface area contributed by atoms with Crippen molar-refractivity contribution in [3.05, 3.63) is 77.0 Å². The fourth-order valence-corrected chi connectivity index (χ4v) is 3.76. The van der Waals surface area contributed by atoms with Crippen LogP contribution in [0.15, 0.2) is 70.1 Å². The fraction of sp³-hybridized carbons (Fsp3) is 0.292. The fourth-order valence-electron chi connectivity index (χ4n) is 3.76. The van der Waals surface area contributed by atoms with Crippen molar-refractivity contribution in [3.8, 4) is 0 Å². The highest BCUT2D eigenvalue weighted by atomic mass is 16.3. The topological polar surface area (TPSA) is 68.3 Å². The number of hydrogen-bond donors (Lipinski definition) is 0. The highest BCUT2D eigenvalue weighted by molar-refractivity contribution is 5.79. The summed E-state index contributed by atoms with van der Waals surface area (Å²) in [5, 5.41) is 1.59. The number of aryl methyl sites for hydroxylation is 1. The third kappa shape index (κ3) is 3.85. The highest BCUT2D eigenvalue weighted by Gasteiger charge is 2.23. The van der Waals surface area contributed by atoms with Crippen molar-refractivity contribution in [3.63, 3.8) is 0 Å². The van der Waals surface area contributed by atoms with E-state index in [4.69, 9.17) is 4.42 Å². The molecule has 2 aromatic heterocycles. The van der Waals surface area contributed by atoms with Crippen molar-refractivity contribution in [2.45, 2.75) is 39.3 Å². The summed E-state index contributed by atoms with van der Waals surface area (Å²) in [5.74, 6) is 0.757. The predicted octanol–water partition coefficient (Wildman–Crippen LogP) is 4.53. The molecule has 0 aliphatic carbocycles. The Kier molecular flexibility index (Phi) is 5.65. The first kappa shape index (κ1) is 19.9. The predicted molar refractivity (Wildman–Crippen MR) is 117 cm³/mol. The minimum absolute atomic E-state index is 0.00938. The molecule has 0 aliphatic heterocycles. The zero-order valence-corrected chi connectivity index (χ0v) is 17.2. The van der Waals surface area contributed by atoms with Gasteiger partial charge in [0, 0.05) is 24.9 Å². The van der Waals surface area contributed by atoms with Crippen LogP contribution in [-0.2, 0) is 11.3 Å². The van der Waals surface area contributed by atoms with E-state index in [1.54, 1.807) is 6.07 Å². The molecule has 0 saturated carbocycles. The van der Waals surface area contributed by atoms with Gasteiger partial charge in [0.1, 0.15) is 11.3 Å². The average Bonchev–Trinajstić information content (AvgIpc) is 3.21. The van der Waals surface area contributed by atoms with E-state index >= 15 is 0 Å². The van der Waals surface area contributed by atoms with Gasteiger partial charge in [-0.1, -0.05) is 37.3 Å². The molecule has 1 amide bonds. The molecule has 0 spiro atoms. The van der Waals surface area contributed by atoms with Crippen LogP contribution < -0.4 is 5.56 Å². The second-order valence-corrected chi connectivity index (χ2v) is 7.46. The van der Waals surface area contributed by atoms with Gasteiger partial charge in [-0.05, 0) is 37.6 Å². The lowest BCUT2D eigenvalue weighted by Gasteiger charge is -2.28. The van der Waals surface area contributed by atoms with E-state index in [1.165, 1.54) is 10.9 Å². The molecule has 4 rings (SSSR count). The quantitative estimate of drug-likeness (QED) is 0.455. The number of carbonyl (C=O) groups is 1. The number of amides is 1. The van der Waals surface area contributed by atoms with Crippen LogP contribution in [0.2, 0.25) is 0 Å². The number of benzene rings is 2. The maximum Gasteiger partial charge on any atom is 0.261 e. The molecule has 0 fully saturated rings. The Labute approximate surface area is 174 Å².